The molecule has 4 atom stereocenters. The number of hydrogen-bond acceptors (Lipinski definition) is 7. The minimum absolute atomic E-state index is 0.105. The SMILES string of the molecule is CC(=O)COC[C@H]1O[C@@H](n2ccc(=O)[nH]c2=O)[C@H](O)[C@@H]1O. The quantitative estimate of drug-likeness (QED) is 0.560. The van der Waals surface area contributed by atoms with Crippen LogP contribution in [0.25, 0.3) is 0 Å². The summed E-state index contributed by atoms with van der Waals surface area (Å²) in [6.07, 6.45) is -3.50. The van der Waals surface area contributed by atoms with Crippen molar-refractivity contribution in [3.05, 3.63) is 33.1 Å². The van der Waals surface area contributed by atoms with E-state index in [0.717, 1.165) is 10.6 Å². The molecule has 0 amide bonds. The van der Waals surface area contributed by atoms with Crippen molar-refractivity contribution in [3.63, 3.8) is 0 Å². The molecule has 116 valence electrons. The van der Waals surface area contributed by atoms with Crippen LogP contribution in [-0.4, -0.2) is 57.1 Å². The fourth-order valence-electron chi connectivity index (χ4n) is 2.04. The first-order chi connectivity index (χ1) is 9.90. The van der Waals surface area contributed by atoms with Crippen LogP contribution in [0.1, 0.15) is 13.2 Å². The zero-order chi connectivity index (χ0) is 15.6. The van der Waals surface area contributed by atoms with Crippen LogP contribution in [0.2, 0.25) is 0 Å². The average molecular weight is 300 g/mol. The van der Waals surface area contributed by atoms with E-state index in [0.29, 0.717) is 0 Å². The van der Waals surface area contributed by atoms with Gasteiger partial charge in [-0.3, -0.25) is 19.1 Å². The van der Waals surface area contributed by atoms with Crippen LogP contribution in [0.15, 0.2) is 21.9 Å². The van der Waals surface area contributed by atoms with Gasteiger partial charge in [-0.25, -0.2) is 4.79 Å². The third kappa shape index (κ3) is 3.45. The van der Waals surface area contributed by atoms with Crippen LogP contribution in [0.3, 0.4) is 0 Å². The number of rotatable bonds is 5. The van der Waals surface area contributed by atoms with E-state index in [-0.39, 0.29) is 19.0 Å². The number of aromatic nitrogens is 2. The summed E-state index contributed by atoms with van der Waals surface area (Å²) in [6.45, 7) is 1.11. The standard InChI is InChI=1S/C12H16N2O7/c1-6(15)4-20-5-7-9(17)10(18)11(21-7)14-3-2-8(16)13-12(14)19/h2-3,7,9-11,17-18H,4-5H2,1H3,(H,13,16,19)/t7-,9-,10-,11-/m1/s1. The van der Waals surface area contributed by atoms with E-state index in [2.05, 4.69) is 0 Å². The van der Waals surface area contributed by atoms with E-state index < -0.39 is 35.8 Å². The van der Waals surface area contributed by atoms with Gasteiger partial charge in [0.1, 0.15) is 24.9 Å². The summed E-state index contributed by atoms with van der Waals surface area (Å²) in [5.74, 6) is -0.184. The highest BCUT2D eigenvalue weighted by molar-refractivity contribution is 5.76. The van der Waals surface area contributed by atoms with Gasteiger partial charge in [0.05, 0.1) is 6.61 Å². The van der Waals surface area contributed by atoms with Gasteiger partial charge in [0, 0.05) is 12.3 Å². The molecule has 21 heavy (non-hydrogen) atoms. The molecule has 9 heteroatoms. The first kappa shape index (κ1) is 15.6. The predicted octanol–water partition coefficient (Wildman–Crippen LogP) is -2.24. The van der Waals surface area contributed by atoms with Gasteiger partial charge < -0.3 is 19.7 Å². The third-order valence-electron chi connectivity index (χ3n) is 3.05. The van der Waals surface area contributed by atoms with Gasteiger partial charge in [-0.15, -0.1) is 0 Å². The van der Waals surface area contributed by atoms with Crippen LogP contribution in [0.4, 0.5) is 0 Å². The minimum atomic E-state index is -1.36. The Morgan fingerprint density at radius 1 is 1.43 bits per heavy atom. The second kappa shape index (κ2) is 6.31. The maximum absolute atomic E-state index is 11.6. The Bertz CT molecular complexity index is 623. The Kier molecular flexibility index (Phi) is 4.68. The zero-order valence-electron chi connectivity index (χ0n) is 11.3. The molecule has 0 unspecified atom stereocenters. The van der Waals surface area contributed by atoms with Gasteiger partial charge >= 0.3 is 5.69 Å². The van der Waals surface area contributed by atoms with Crippen molar-refractivity contribution < 1.29 is 24.5 Å². The highest BCUT2D eigenvalue weighted by Crippen LogP contribution is 2.28. The lowest BCUT2D eigenvalue weighted by Gasteiger charge is -2.16. The van der Waals surface area contributed by atoms with Crippen molar-refractivity contribution in [2.45, 2.75) is 31.5 Å². The number of carbonyl (C=O) groups is 1. The Morgan fingerprint density at radius 3 is 2.76 bits per heavy atom. The number of Topliss-reactive ketones (excluding diaryl/α,β-unsaturated/α-hetero) is 1. The van der Waals surface area contributed by atoms with Crippen LogP contribution in [0.5, 0.6) is 0 Å². The van der Waals surface area contributed by atoms with Crippen LogP contribution >= 0.6 is 0 Å². The molecule has 3 N–H and O–H groups in total. The fourth-order valence-corrected chi connectivity index (χ4v) is 2.04. The summed E-state index contributed by atoms with van der Waals surface area (Å²) in [7, 11) is 0. The summed E-state index contributed by atoms with van der Waals surface area (Å²) in [6, 6.07) is 1.10. The Hall–Kier alpha value is -1.81. The maximum atomic E-state index is 11.6. The van der Waals surface area contributed by atoms with E-state index in [1.165, 1.54) is 13.1 Å². The van der Waals surface area contributed by atoms with Gasteiger partial charge in [-0.05, 0) is 6.92 Å². The maximum Gasteiger partial charge on any atom is 0.330 e. The molecule has 2 heterocycles. The molecular formula is C12H16N2O7. The van der Waals surface area contributed by atoms with Crippen LogP contribution in [-0.2, 0) is 14.3 Å². The average Bonchev–Trinajstić information content (AvgIpc) is 2.67. The van der Waals surface area contributed by atoms with Crippen molar-refractivity contribution >= 4 is 5.78 Å². The molecule has 0 spiro atoms. The number of aliphatic hydroxyl groups excluding tert-OH is 2. The molecule has 2 rings (SSSR count). The first-order valence-corrected chi connectivity index (χ1v) is 6.30. The van der Waals surface area contributed by atoms with E-state index >= 15 is 0 Å². The van der Waals surface area contributed by atoms with Gasteiger partial charge in [-0.1, -0.05) is 0 Å². The lowest BCUT2D eigenvalue weighted by molar-refractivity contribution is -0.124. The second-order valence-electron chi connectivity index (χ2n) is 4.78. The van der Waals surface area contributed by atoms with Gasteiger partial charge in [0.25, 0.3) is 5.56 Å². The summed E-state index contributed by atoms with van der Waals surface area (Å²) in [5, 5.41) is 19.8. The molecule has 1 fully saturated rings. The zero-order valence-corrected chi connectivity index (χ0v) is 11.3. The molecule has 1 aromatic rings. The van der Waals surface area contributed by atoms with E-state index in [9.17, 15) is 24.6 Å². The van der Waals surface area contributed by atoms with Gasteiger partial charge in [0.2, 0.25) is 0 Å². The molecule has 0 radical (unpaired) electrons. The molecule has 1 aromatic heterocycles. The monoisotopic (exact) mass is 300 g/mol. The highest BCUT2D eigenvalue weighted by Gasteiger charge is 2.44. The normalized spacial score (nSPS) is 28.7. The van der Waals surface area contributed by atoms with Crippen molar-refractivity contribution in [2.75, 3.05) is 13.2 Å². The summed E-state index contributed by atoms with van der Waals surface area (Å²) < 4.78 is 11.4. The molecule has 0 aliphatic carbocycles. The number of carbonyl (C=O) groups excluding carboxylic acids is 1. The number of nitrogens with one attached hydrogen (secondary N) is 1. The third-order valence-corrected chi connectivity index (χ3v) is 3.05. The van der Waals surface area contributed by atoms with E-state index in [1.54, 1.807) is 0 Å². The Labute approximate surface area is 118 Å². The number of ketones is 1. The Balaban J connectivity index is 2.10. The predicted molar refractivity (Wildman–Crippen MR) is 68.7 cm³/mol. The van der Waals surface area contributed by atoms with Crippen molar-refractivity contribution in [2.24, 2.45) is 0 Å². The fraction of sp³-hybridized carbons (Fsp3) is 0.583. The summed E-state index contributed by atoms with van der Waals surface area (Å²) >= 11 is 0. The first-order valence-electron chi connectivity index (χ1n) is 6.30. The molecular weight excluding hydrogens is 284 g/mol. The lowest BCUT2D eigenvalue weighted by Crippen LogP contribution is -2.37. The number of H-pyrrole nitrogens is 1. The number of nitrogens with zero attached hydrogens (tertiary/aromatic N) is 1. The van der Waals surface area contributed by atoms with Crippen molar-refractivity contribution in [1.82, 2.24) is 9.55 Å². The molecule has 0 bridgehead atoms. The number of aromatic amines is 1. The van der Waals surface area contributed by atoms with Crippen LogP contribution in [0, 0.1) is 0 Å². The second-order valence-corrected chi connectivity index (χ2v) is 4.78. The van der Waals surface area contributed by atoms with E-state index in [4.69, 9.17) is 9.47 Å². The summed E-state index contributed by atoms with van der Waals surface area (Å²) in [5.41, 5.74) is -1.34. The van der Waals surface area contributed by atoms with Gasteiger partial charge in [-0.2, -0.15) is 0 Å². The molecule has 0 saturated carbocycles. The van der Waals surface area contributed by atoms with Crippen LogP contribution < -0.4 is 11.2 Å². The van der Waals surface area contributed by atoms with Crippen molar-refractivity contribution in [1.29, 1.82) is 0 Å². The molecule has 9 nitrogen and oxygen atoms in total. The molecule has 1 aliphatic heterocycles. The van der Waals surface area contributed by atoms with Crippen molar-refractivity contribution in [3.8, 4) is 0 Å². The smallest absolute Gasteiger partial charge is 0.330 e. The number of aliphatic hydroxyl groups is 2. The molecule has 1 saturated heterocycles. The molecule has 1 aliphatic rings. The molecule has 0 aromatic carbocycles. The minimum Gasteiger partial charge on any atom is -0.387 e. The summed E-state index contributed by atoms with van der Waals surface area (Å²) in [4.78, 5) is 35.4. The topological polar surface area (TPSA) is 131 Å². The number of ether oxygens (including phenoxy) is 2. The highest BCUT2D eigenvalue weighted by atomic mass is 16.6. The Morgan fingerprint density at radius 2 is 2.14 bits per heavy atom. The largest absolute Gasteiger partial charge is 0.387 e. The van der Waals surface area contributed by atoms with Gasteiger partial charge in [0.15, 0.2) is 12.0 Å². The lowest BCUT2D eigenvalue weighted by atomic mass is 10.1. The van der Waals surface area contributed by atoms with E-state index in [1.807, 2.05) is 4.98 Å². The number of hydrogen-bond donors (Lipinski definition) is 3.